The fraction of sp³-hybridized carbons (Fsp3) is 0.429. The summed E-state index contributed by atoms with van der Waals surface area (Å²) in [5.41, 5.74) is 1.34. The van der Waals surface area contributed by atoms with E-state index in [1.54, 1.807) is 23.0 Å². The predicted octanol–water partition coefficient (Wildman–Crippen LogP) is 3.87. The SMILES string of the molecule is C[Si](C)(C)CCOCn1ncc2cc(Cl)c(C#N)cc21. The Morgan fingerprint density at radius 1 is 1.40 bits per heavy atom. The van der Waals surface area contributed by atoms with Crippen LogP contribution >= 0.6 is 11.6 Å². The van der Waals surface area contributed by atoms with Gasteiger partial charge in [-0.2, -0.15) is 10.4 Å². The molecule has 1 aromatic heterocycles. The third-order valence-electron chi connectivity index (χ3n) is 3.06. The van der Waals surface area contributed by atoms with Gasteiger partial charge in [0.15, 0.2) is 0 Å². The first-order valence-electron chi connectivity index (χ1n) is 6.53. The molecule has 0 N–H and O–H groups in total. The van der Waals surface area contributed by atoms with Crippen molar-refractivity contribution < 1.29 is 4.74 Å². The van der Waals surface area contributed by atoms with E-state index >= 15 is 0 Å². The third-order valence-corrected chi connectivity index (χ3v) is 5.08. The van der Waals surface area contributed by atoms with Crippen LogP contribution in [-0.4, -0.2) is 24.5 Å². The fourth-order valence-electron chi connectivity index (χ4n) is 1.82. The van der Waals surface area contributed by atoms with Gasteiger partial charge in [0.25, 0.3) is 0 Å². The Kier molecular flexibility index (Phi) is 4.48. The van der Waals surface area contributed by atoms with Crippen molar-refractivity contribution in [1.29, 1.82) is 5.26 Å². The molecule has 2 aromatic rings. The molecule has 4 nitrogen and oxygen atoms in total. The van der Waals surface area contributed by atoms with Crippen molar-refractivity contribution >= 4 is 30.6 Å². The summed E-state index contributed by atoms with van der Waals surface area (Å²) in [5, 5.41) is 14.7. The number of hydrogen-bond acceptors (Lipinski definition) is 3. The Labute approximate surface area is 124 Å². The highest BCUT2D eigenvalue weighted by molar-refractivity contribution is 6.76. The zero-order valence-electron chi connectivity index (χ0n) is 12.0. The number of benzene rings is 1. The van der Waals surface area contributed by atoms with Gasteiger partial charge in [0, 0.05) is 20.1 Å². The molecule has 0 radical (unpaired) electrons. The summed E-state index contributed by atoms with van der Waals surface area (Å²) in [5.74, 6) is 0. The van der Waals surface area contributed by atoms with Crippen LogP contribution in [0.15, 0.2) is 18.3 Å². The van der Waals surface area contributed by atoms with E-state index in [-0.39, 0.29) is 0 Å². The maximum Gasteiger partial charge on any atom is 0.139 e. The first-order valence-corrected chi connectivity index (χ1v) is 10.6. The zero-order valence-corrected chi connectivity index (χ0v) is 13.7. The lowest BCUT2D eigenvalue weighted by Gasteiger charge is -2.15. The quantitative estimate of drug-likeness (QED) is 0.622. The van der Waals surface area contributed by atoms with Crippen LogP contribution in [0.4, 0.5) is 0 Å². The minimum absolute atomic E-state index is 0.403. The lowest BCUT2D eigenvalue weighted by Crippen LogP contribution is -2.22. The van der Waals surface area contributed by atoms with Crippen LogP contribution in [0.1, 0.15) is 5.56 Å². The van der Waals surface area contributed by atoms with Crippen LogP contribution in [0.5, 0.6) is 0 Å². The van der Waals surface area contributed by atoms with E-state index in [2.05, 4.69) is 30.8 Å². The second-order valence-corrected chi connectivity index (χ2v) is 12.0. The molecule has 6 heteroatoms. The van der Waals surface area contributed by atoms with Crippen LogP contribution in [0, 0.1) is 11.3 Å². The van der Waals surface area contributed by atoms with E-state index < -0.39 is 8.07 Å². The van der Waals surface area contributed by atoms with E-state index in [0.717, 1.165) is 23.6 Å². The zero-order chi connectivity index (χ0) is 14.8. The molecule has 0 spiro atoms. The molecule has 0 aliphatic carbocycles. The molecule has 0 aliphatic heterocycles. The topological polar surface area (TPSA) is 50.8 Å². The normalized spacial score (nSPS) is 11.8. The van der Waals surface area contributed by atoms with Crippen molar-refractivity contribution in [3.05, 3.63) is 28.9 Å². The lowest BCUT2D eigenvalue weighted by molar-refractivity contribution is 0.0817. The Morgan fingerprint density at radius 3 is 2.80 bits per heavy atom. The van der Waals surface area contributed by atoms with E-state index in [0.29, 0.717) is 17.3 Å². The molecular weight excluding hydrogens is 290 g/mol. The summed E-state index contributed by atoms with van der Waals surface area (Å²) in [6.07, 6.45) is 1.74. The summed E-state index contributed by atoms with van der Waals surface area (Å²) in [6.45, 7) is 8.11. The third kappa shape index (κ3) is 3.60. The van der Waals surface area contributed by atoms with Crippen molar-refractivity contribution in [2.45, 2.75) is 32.4 Å². The van der Waals surface area contributed by atoms with Gasteiger partial charge in [0.1, 0.15) is 12.8 Å². The number of nitriles is 1. The van der Waals surface area contributed by atoms with Crippen LogP contribution in [0.2, 0.25) is 30.7 Å². The number of aromatic nitrogens is 2. The van der Waals surface area contributed by atoms with Gasteiger partial charge in [-0.15, -0.1) is 0 Å². The summed E-state index contributed by atoms with van der Waals surface area (Å²) >= 11 is 6.00. The Hall–Kier alpha value is -1.35. The van der Waals surface area contributed by atoms with Crippen LogP contribution in [-0.2, 0) is 11.5 Å². The van der Waals surface area contributed by atoms with Gasteiger partial charge in [-0.3, -0.25) is 0 Å². The molecule has 0 bridgehead atoms. The number of ether oxygens (including phenoxy) is 1. The molecule has 20 heavy (non-hydrogen) atoms. The molecule has 0 saturated carbocycles. The number of fused-ring (bicyclic) bond motifs is 1. The molecule has 0 aliphatic rings. The predicted molar refractivity (Wildman–Crippen MR) is 83.6 cm³/mol. The van der Waals surface area contributed by atoms with Crippen LogP contribution < -0.4 is 0 Å². The summed E-state index contributed by atoms with van der Waals surface area (Å²) in [6, 6.07) is 6.73. The van der Waals surface area contributed by atoms with Gasteiger partial charge < -0.3 is 4.74 Å². The summed E-state index contributed by atoms with van der Waals surface area (Å²) in [7, 11) is -1.07. The molecule has 0 unspecified atom stereocenters. The van der Waals surface area contributed by atoms with Crippen molar-refractivity contribution in [3.63, 3.8) is 0 Å². The molecule has 0 saturated heterocycles. The van der Waals surface area contributed by atoms with E-state index in [4.69, 9.17) is 21.6 Å². The average molecular weight is 308 g/mol. The maximum atomic E-state index is 9.02. The second kappa shape index (κ2) is 5.96. The molecular formula is C14H18ClN3OSi. The van der Waals surface area contributed by atoms with Gasteiger partial charge in [0.05, 0.1) is 22.3 Å². The highest BCUT2D eigenvalue weighted by Crippen LogP contribution is 2.23. The van der Waals surface area contributed by atoms with Crippen LogP contribution in [0.25, 0.3) is 10.9 Å². The average Bonchev–Trinajstić information content (AvgIpc) is 2.74. The van der Waals surface area contributed by atoms with Gasteiger partial charge in [0.2, 0.25) is 0 Å². The second-order valence-electron chi connectivity index (χ2n) is 5.99. The Morgan fingerprint density at radius 2 is 2.15 bits per heavy atom. The Balaban J connectivity index is 2.10. The monoisotopic (exact) mass is 307 g/mol. The molecule has 0 atom stereocenters. The van der Waals surface area contributed by atoms with Gasteiger partial charge in [-0.1, -0.05) is 31.2 Å². The lowest BCUT2D eigenvalue weighted by atomic mass is 10.2. The highest BCUT2D eigenvalue weighted by atomic mass is 35.5. The molecule has 0 amide bonds. The van der Waals surface area contributed by atoms with E-state index in [9.17, 15) is 0 Å². The van der Waals surface area contributed by atoms with Gasteiger partial charge in [-0.25, -0.2) is 4.68 Å². The first kappa shape index (κ1) is 15.0. The van der Waals surface area contributed by atoms with Crippen molar-refractivity contribution in [1.82, 2.24) is 9.78 Å². The summed E-state index contributed by atoms with van der Waals surface area (Å²) in [4.78, 5) is 0. The minimum atomic E-state index is -1.07. The largest absolute Gasteiger partial charge is 0.360 e. The van der Waals surface area contributed by atoms with E-state index in [1.807, 2.05) is 0 Å². The summed E-state index contributed by atoms with van der Waals surface area (Å²) < 4.78 is 7.45. The van der Waals surface area contributed by atoms with Crippen molar-refractivity contribution in [2.24, 2.45) is 0 Å². The van der Waals surface area contributed by atoms with Gasteiger partial charge >= 0.3 is 0 Å². The number of hydrogen-bond donors (Lipinski definition) is 0. The molecule has 1 aromatic carbocycles. The fourth-order valence-corrected chi connectivity index (χ4v) is 2.79. The van der Waals surface area contributed by atoms with Crippen molar-refractivity contribution in [3.8, 4) is 6.07 Å². The Bertz CT molecular complexity index is 655. The number of rotatable bonds is 5. The molecule has 2 rings (SSSR count). The molecule has 1 heterocycles. The first-order chi connectivity index (χ1) is 9.40. The molecule has 0 fully saturated rings. The van der Waals surface area contributed by atoms with Gasteiger partial charge in [-0.05, 0) is 18.2 Å². The minimum Gasteiger partial charge on any atom is -0.360 e. The van der Waals surface area contributed by atoms with Crippen LogP contribution in [0.3, 0.4) is 0 Å². The number of halogens is 1. The van der Waals surface area contributed by atoms with E-state index in [1.165, 1.54) is 0 Å². The smallest absolute Gasteiger partial charge is 0.139 e. The highest BCUT2D eigenvalue weighted by Gasteiger charge is 2.12. The maximum absolute atomic E-state index is 9.02. The number of nitrogens with zero attached hydrogens (tertiary/aromatic N) is 3. The standard InChI is InChI=1S/C14H18ClN3OSi/c1-20(2,3)5-4-19-10-18-14-7-11(8-16)13(15)6-12(14)9-17-18/h6-7,9H,4-5,10H2,1-3H3. The molecule has 106 valence electrons. The van der Waals surface area contributed by atoms with Crippen molar-refractivity contribution in [2.75, 3.05) is 6.61 Å².